The van der Waals surface area contributed by atoms with Crippen molar-refractivity contribution in [1.29, 1.82) is 0 Å². The summed E-state index contributed by atoms with van der Waals surface area (Å²) in [7, 11) is 0. The van der Waals surface area contributed by atoms with Gasteiger partial charge in [-0.2, -0.15) is 0 Å². The number of phenolic OH excluding ortho intramolecular Hbond substituents is 1. The molecule has 1 aliphatic heterocycles. The van der Waals surface area contributed by atoms with E-state index in [1.165, 1.54) is 18.4 Å². The average molecular weight is 164 g/mol. The minimum atomic E-state index is -0.630. The van der Waals surface area contributed by atoms with Crippen molar-refractivity contribution in [1.82, 2.24) is 0 Å². The fourth-order valence-corrected chi connectivity index (χ4v) is 1.16. The molecule has 62 valence electrons. The molecular formula is C9H8O3. The number of hydrogen-bond donors (Lipinski definition) is 2. The lowest BCUT2D eigenvalue weighted by Gasteiger charge is -2.15. The van der Waals surface area contributed by atoms with Gasteiger partial charge in [0.2, 0.25) is 0 Å². The van der Waals surface area contributed by atoms with Gasteiger partial charge >= 0.3 is 0 Å². The van der Waals surface area contributed by atoms with E-state index in [1.807, 2.05) is 0 Å². The van der Waals surface area contributed by atoms with Crippen molar-refractivity contribution >= 4 is 0 Å². The van der Waals surface area contributed by atoms with Crippen LogP contribution in [0.15, 0.2) is 30.5 Å². The lowest BCUT2D eigenvalue weighted by molar-refractivity contribution is 0.213. The fraction of sp³-hybridized carbons (Fsp3) is 0.111. The van der Waals surface area contributed by atoms with Crippen LogP contribution in [-0.2, 0) is 0 Å². The molecule has 0 saturated carbocycles. The summed E-state index contributed by atoms with van der Waals surface area (Å²) in [6, 6.07) is 4.63. The molecule has 0 aromatic heterocycles. The number of aromatic hydroxyl groups is 1. The summed E-state index contributed by atoms with van der Waals surface area (Å²) in [5.74, 6) is 0.640. The van der Waals surface area contributed by atoms with Crippen LogP contribution in [0.2, 0.25) is 0 Å². The van der Waals surface area contributed by atoms with E-state index in [2.05, 4.69) is 0 Å². The summed E-state index contributed by atoms with van der Waals surface area (Å²) in [5.41, 5.74) is 0.676. The van der Waals surface area contributed by atoms with Crippen LogP contribution < -0.4 is 4.74 Å². The third kappa shape index (κ3) is 1.04. The molecule has 1 aromatic carbocycles. The molecule has 2 rings (SSSR count). The molecule has 0 fully saturated rings. The third-order valence-electron chi connectivity index (χ3n) is 1.77. The van der Waals surface area contributed by atoms with Crippen molar-refractivity contribution in [2.24, 2.45) is 0 Å². The summed E-state index contributed by atoms with van der Waals surface area (Å²) in [4.78, 5) is 0. The Morgan fingerprint density at radius 2 is 2.17 bits per heavy atom. The molecule has 0 bridgehead atoms. The first kappa shape index (κ1) is 7.18. The number of rotatable bonds is 0. The number of hydrogen-bond acceptors (Lipinski definition) is 3. The predicted octanol–water partition coefficient (Wildman–Crippen LogP) is 1.33. The first-order valence-electron chi connectivity index (χ1n) is 3.62. The molecule has 1 unspecified atom stereocenters. The molecule has 0 spiro atoms. The van der Waals surface area contributed by atoms with Crippen LogP contribution in [0, 0.1) is 0 Å². The second kappa shape index (κ2) is 2.53. The molecule has 0 radical (unpaired) electrons. The van der Waals surface area contributed by atoms with E-state index in [0.717, 1.165) is 0 Å². The molecule has 1 atom stereocenters. The van der Waals surface area contributed by atoms with Crippen molar-refractivity contribution < 1.29 is 14.9 Å². The Morgan fingerprint density at radius 1 is 1.33 bits per heavy atom. The number of fused-ring (bicyclic) bond motifs is 1. The molecule has 3 heteroatoms. The molecule has 1 aliphatic rings. The van der Waals surface area contributed by atoms with Gasteiger partial charge in [-0.05, 0) is 18.2 Å². The van der Waals surface area contributed by atoms with Gasteiger partial charge in [-0.25, -0.2) is 0 Å². The lowest BCUT2D eigenvalue weighted by atomic mass is 10.1. The van der Waals surface area contributed by atoms with E-state index in [9.17, 15) is 5.11 Å². The number of benzene rings is 1. The molecule has 1 heterocycles. The number of phenols is 1. The van der Waals surface area contributed by atoms with Crippen molar-refractivity contribution in [2.75, 3.05) is 0 Å². The Morgan fingerprint density at radius 3 is 3.00 bits per heavy atom. The van der Waals surface area contributed by atoms with Gasteiger partial charge in [0.25, 0.3) is 0 Å². The average Bonchev–Trinajstić information content (AvgIpc) is 2.04. The van der Waals surface area contributed by atoms with E-state index < -0.39 is 6.10 Å². The molecular weight excluding hydrogens is 156 g/mol. The first-order chi connectivity index (χ1) is 5.77. The SMILES string of the molecule is Oc1ccc2c(c1)OC=CC2O. The van der Waals surface area contributed by atoms with E-state index in [1.54, 1.807) is 12.1 Å². The van der Waals surface area contributed by atoms with Gasteiger partial charge in [0.15, 0.2) is 0 Å². The van der Waals surface area contributed by atoms with Gasteiger partial charge in [-0.1, -0.05) is 0 Å². The Labute approximate surface area is 69.5 Å². The zero-order valence-electron chi connectivity index (χ0n) is 6.27. The van der Waals surface area contributed by atoms with Crippen LogP contribution >= 0.6 is 0 Å². The van der Waals surface area contributed by atoms with Crippen molar-refractivity contribution in [3.05, 3.63) is 36.1 Å². The van der Waals surface area contributed by atoms with Crippen LogP contribution in [0.5, 0.6) is 11.5 Å². The second-order valence-corrected chi connectivity index (χ2v) is 2.61. The number of aliphatic hydroxyl groups excluding tert-OH is 1. The maximum atomic E-state index is 9.40. The Kier molecular flexibility index (Phi) is 1.52. The minimum Gasteiger partial charge on any atom is -0.508 e. The van der Waals surface area contributed by atoms with E-state index in [4.69, 9.17) is 9.84 Å². The highest BCUT2D eigenvalue weighted by Gasteiger charge is 2.14. The zero-order valence-corrected chi connectivity index (χ0v) is 6.27. The van der Waals surface area contributed by atoms with Crippen molar-refractivity contribution in [3.8, 4) is 11.5 Å². The first-order valence-corrected chi connectivity index (χ1v) is 3.62. The van der Waals surface area contributed by atoms with Crippen LogP contribution in [0.25, 0.3) is 0 Å². The molecule has 0 saturated heterocycles. The number of aliphatic hydroxyl groups is 1. The van der Waals surface area contributed by atoms with Crippen LogP contribution in [0.4, 0.5) is 0 Å². The summed E-state index contributed by atoms with van der Waals surface area (Å²) >= 11 is 0. The quantitative estimate of drug-likeness (QED) is 0.608. The van der Waals surface area contributed by atoms with E-state index in [0.29, 0.717) is 11.3 Å². The Bertz CT molecular complexity index is 331. The highest BCUT2D eigenvalue weighted by atomic mass is 16.5. The standard InChI is InChI=1S/C9H8O3/c10-6-1-2-7-8(11)3-4-12-9(7)5-6/h1-5,8,10-11H. The van der Waals surface area contributed by atoms with Gasteiger partial charge in [-0.3, -0.25) is 0 Å². The van der Waals surface area contributed by atoms with E-state index in [-0.39, 0.29) is 5.75 Å². The molecule has 12 heavy (non-hydrogen) atoms. The maximum Gasteiger partial charge on any atom is 0.136 e. The van der Waals surface area contributed by atoms with Gasteiger partial charge in [0.05, 0.1) is 6.26 Å². The Hall–Kier alpha value is -1.48. The molecule has 0 aliphatic carbocycles. The molecule has 3 nitrogen and oxygen atoms in total. The highest BCUT2D eigenvalue weighted by Crippen LogP contribution is 2.32. The second-order valence-electron chi connectivity index (χ2n) is 2.61. The maximum absolute atomic E-state index is 9.40. The monoisotopic (exact) mass is 164 g/mol. The van der Waals surface area contributed by atoms with Crippen molar-refractivity contribution in [3.63, 3.8) is 0 Å². The molecule has 1 aromatic rings. The van der Waals surface area contributed by atoms with Crippen molar-refractivity contribution in [2.45, 2.75) is 6.10 Å². The molecule has 0 amide bonds. The minimum absolute atomic E-state index is 0.135. The lowest BCUT2D eigenvalue weighted by Crippen LogP contribution is -2.02. The summed E-state index contributed by atoms with van der Waals surface area (Å²) < 4.78 is 5.07. The highest BCUT2D eigenvalue weighted by molar-refractivity contribution is 5.44. The van der Waals surface area contributed by atoms with Crippen LogP contribution in [-0.4, -0.2) is 10.2 Å². The molecule has 2 N–H and O–H groups in total. The largest absolute Gasteiger partial charge is 0.508 e. The zero-order chi connectivity index (χ0) is 8.55. The predicted molar refractivity (Wildman–Crippen MR) is 42.8 cm³/mol. The third-order valence-corrected chi connectivity index (χ3v) is 1.77. The Balaban J connectivity index is 2.51. The van der Waals surface area contributed by atoms with Gasteiger partial charge < -0.3 is 14.9 Å². The van der Waals surface area contributed by atoms with Gasteiger partial charge in [0.1, 0.15) is 17.6 Å². The number of ether oxygens (including phenoxy) is 1. The summed E-state index contributed by atoms with van der Waals surface area (Å²) in [6.07, 6.45) is 2.32. The summed E-state index contributed by atoms with van der Waals surface area (Å²) in [6.45, 7) is 0. The van der Waals surface area contributed by atoms with Gasteiger partial charge in [-0.15, -0.1) is 0 Å². The van der Waals surface area contributed by atoms with Crippen LogP contribution in [0.1, 0.15) is 11.7 Å². The van der Waals surface area contributed by atoms with Gasteiger partial charge in [0, 0.05) is 11.6 Å². The fourth-order valence-electron chi connectivity index (χ4n) is 1.16. The summed E-state index contributed by atoms with van der Waals surface area (Å²) in [5, 5.41) is 18.5. The normalized spacial score (nSPS) is 19.9. The topological polar surface area (TPSA) is 49.7 Å². The van der Waals surface area contributed by atoms with Crippen LogP contribution in [0.3, 0.4) is 0 Å². The smallest absolute Gasteiger partial charge is 0.136 e. The van der Waals surface area contributed by atoms with E-state index >= 15 is 0 Å².